The van der Waals surface area contributed by atoms with Gasteiger partial charge in [0.2, 0.25) is 0 Å². The Hall–Kier alpha value is -1.77. The first-order valence-corrected chi connectivity index (χ1v) is 13.8. The van der Waals surface area contributed by atoms with Gasteiger partial charge < -0.3 is 24.8 Å². The molecule has 1 aromatic heterocycles. The maximum absolute atomic E-state index is 10.6. The maximum Gasteiger partial charge on any atom is 0.129 e. The van der Waals surface area contributed by atoms with Gasteiger partial charge in [-0.05, 0) is 75.1 Å². The number of aryl methyl sites for hydroxylation is 2. The van der Waals surface area contributed by atoms with Crippen LogP contribution in [0.5, 0.6) is 5.75 Å². The van der Waals surface area contributed by atoms with Gasteiger partial charge in [0.15, 0.2) is 0 Å². The molecule has 0 amide bonds. The number of unbranched alkanes of at least 4 members (excludes halogenated alkanes) is 1. The minimum Gasteiger partial charge on any atom is -0.506 e. The van der Waals surface area contributed by atoms with E-state index in [1.807, 2.05) is 12.1 Å². The average Bonchev–Trinajstić information content (AvgIpc) is 3.18. The quantitative estimate of drug-likeness (QED) is 0.326. The Kier molecular flexibility index (Phi) is 9.46. The summed E-state index contributed by atoms with van der Waals surface area (Å²) in [7, 11) is 2.15. The Morgan fingerprint density at radius 1 is 1.24 bits per heavy atom. The van der Waals surface area contributed by atoms with Crippen molar-refractivity contribution in [1.29, 1.82) is 0 Å². The fraction of sp³-hybridized carbons (Fsp3) is 0.600. The molecule has 0 unspecified atom stereocenters. The summed E-state index contributed by atoms with van der Waals surface area (Å²) < 4.78 is 12.2. The van der Waals surface area contributed by atoms with Crippen LogP contribution in [0, 0.1) is 12.0 Å². The number of hydrogen-bond acceptors (Lipinski definition) is 6. The maximum atomic E-state index is 10.6. The predicted octanol–water partition coefficient (Wildman–Crippen LogP) is 5.29. The molecule has 1 aromatic carbocycles. The summed E-state index contributed by atoms with van der Waals surface area (Å²) in [6.45, 7) is 9.25. The number of nitrogens with one attached hydrogen (secondary N) is 1. The monoisotopic (exact) mass is 551 g/mol. The van der Waals surface area contributed by atoms with Gasteiger partial charge in [-0.3, -0.25) is 0 Å². The van der Waals surface area contributed by atoms with Crippen molar-refractivity contribution < 1.29 is 31.4 Å². The minimum atomic E-state index is -0.460. The minimum absolute atomic E-state index is 0. The van der Waals surface area contributed by atoms with Crippen LogP contribution < -0.4 is 10.1 Å². The Morgan fingerprint density at radius 3 is 2.97 bits per heavy atom. The van der Waals surface area contributed by atoms with Crippen LogP contribution in [0.15, 0.2) is 30.3 Å². The van der Waals surface area contributed by atoms with Crippen LogP contribution in [0.1, 0.15) is 80.9 Å². The number of pyridine rings is 1. The van der Waals surface area contributed by atoms with Gasteiger partial charge in [-0.25, -0.2) is 4.98 Å². The third-order valence-electron chi connectivity index (χ3n) is 8.22. The van der Waals surface area contributed by atoms with E-state index in [4.69, 9.17) is 14.5 Å². The van der Waals surface area contributed by atoms with Crippen LogP contribution in [0.4, 0.5) is 5.82 Å². The molecule has 3 atom stereocenters. The van der Waals surface area contributed by atoms with Crippen molar-refractivity contribution in [2.45, 2.75) is 83.5 Å². The van der Waals surface area contributed by atoms with E-state index in [1.54, 1.807) is 0 Å². The number of hydrogen-bond donors (Lipinski definition) is 2. The fourth-order valence-electron chi connectivity index (χ4n) is 6.04. The van der Waals surface area contributed by atoms with Crippen molar-refractivity contribution in [3.8, 4) is 5.75 Å². The van der Waals surface area contributed by atoms with E-state index in [9.17, 15) is 5.11 Å². The molecule has 7 heteroatoms. The van der Waals surface area contributed by atoms with Gasteiger partial charge in [0.05, 0.1) is 18.5 Å². The molecular formula is C30H42CoN3O3-. The standard InChI is InChI=1S/C30H42N3O3.Co/c1-30(2)19-24(33(3)20-22-8-6-11-26-28(22)25(34)14-17-35-26)18-27(30)36-16-5-4-10-23-13-12-21-9-7-15-31-29(21)32-23;/h6,8,11-13,20,24-25,27,34H,4-5,7,9-10,14-19H2,1-3H3,(H,31,32);/q-1;/t24-,25-,27-;/m0./s1. The zero-order valence-electron chi connectivity index (χ0n) is 22.5. The normalized spacial score (nSPS) is 23.9. The van der Waals surface area contributed by atoms with E-state index in [-0.39, 0.29) is 28.3 Å². The van der Waals surface area contributed by atoms with E-state index in [0.29, 0.717) is 19.1 Å². The van der Waals surface area contributed by atoms with Crippen LogP contribution in [-0.4, -0.2) is 53.9 Å². The molecule has 5 rings (SSSR count). The SMILES string of the molecule is CN([CH-]c1cccc2c1[C@@H](O)CCO2)[C@H]1C[C@H](OCCCCc2ccc3c(n2)NCCC3)C(C)(C)C1.[Co]. The summed E-state index contributed by atoms with van der Waals surface area (Å²) in [6.07, 6.45) is 8.04. The van der Waals surface area contributed by atoms with E-state index in [0.717, 1.165) is 74.4 Å². The molecule has 1 radical (unpaired) electrons. The van der Waals surface area contributed by atoms with E-state index in [2.05, 4.69) is 55.9 Å². The zero-order valence-corrected chi connectivity index (χ0v) is 23.5. The summed E-state index contributed by atoms with van der Waals surface area (Å²) in [5, 5.41) is 14.0. The molecule has 0 saturated heterocycles. The third kappa shape index (κ3) is 6.63. The molecule has 2 N–H and O–H groups in total. The Bertz CT molecular complexity index is 1050. The number of aliphatic hydroxyl groups excluding tert-OH is 1. The molecule has 3 aliphatic rings. The number of aliphatic hydroxyl groups is 1. The molecule has 1 aliphatic carbocycles. The molecule has 1 saturated carbocycles. The molecule has 205 valence electrons. The van der Waals surface area contributed by atoms with Gasteiger partial charge in [0, 0.05) is 54.2 Å². The first-order valence-electron chi connectivity index (χ1n) is 13.8. The summed E-state index contributed by atoms with van der Waals surface area (Å²) in [5.74, 6) is 1.90. The number of ether oxygens (including phenoxy) is 2. The molecule has 3 heterocycles. The Labute approximate surface area is 232 Å². The van der Waals surface area contributed by atoms with Gasteiger partial charge in [-0.15, -0.1) is 12.6 Å². The fourth-order valence-corrected chi connectivity index (χ4v) is 6.04. The van der Waals surface area contributed by atoms with Gasteiger partial charge in [0.1, 0.15) is 5.82 Å². The Morgan fingerprint density at radius 2 is 2.11 bits per heavy atom. The molecule has 2 aromatic rings. The molecule has 6 nitrogen and oxygen atoms in total. The molecular weight excluding hydrogens is 509 g/mol. The summed E-state index contributed by atoms with van der Waals surface area (Å²) in [6, 6.07) is 10.9. The second-order valence-corrected chi connectivity index (χ2v) is 11.4. The van der Waals surface area contributed by atoms with Crippen molar-refractivity contribution in [2.75, 3.05) is 32.1 Å². The van der Waals surface area contributed by atoms with Gasteiger partial charge in [0.25, 0.3) is 0 Å². The number of aromatic nitrogens is 1. The summed E-state index contributed by atoms with van der Waals surface area (Å²) in [4.78, 5) is 7.14. The third-order valence-corrected chi connectivity index (χ3v) is 8.22. The van der Waals surface area contributed by atoms with Gasteiger partial charge in [-0.1, -0.05) is 25.5 Å². The van der Waals surface area contributed by atoms with E-state index in [1.165, 1.54) is 17.7 Å². The second-order valence-electron chi connectivity index (χ2n) is 11.4. The number of benzene rings is 1. The number of anilines is 1. The van der Waals surface area contributed by atoms with Crippen molar-refractivity contribution in [1.82, 2.24) is 9.88 Å². The van der Waals surface area contributed by atoms with Crippen molar-refractivity contribution >= 4 is 5.82 Å². The topological polar surface area (TPSA) is 66.9 Å². The van der Waals surface area contributed by atoms with Crippen molar-refractivity contribution in [3.05, 3.63) is 59.3 Å². The smallest absolute Gasteiger partial charge is 0.129 e. The molecule has 2 aliphatic heterocycles. The predicted molar refractivity (Wildman–Crippen MR) is 143 cm³/mol. The van der Waals surface area contributed by atoms with Crippen molar-refractivity contribution in [2.24, 2.45) is 5.41 Å². The van der Waals surface area contributed by atoms with Crippen molar-refractivity contribution in [3.63, 3.8) is 0 Å². The van der Waals surface area contributed by atoms with Crippen LogP contribution >= 0.6 is 0 Å². The van der Waals surface area contributed by atoms with Crippen LogP contribution in [-0.2, 0) is 34.4 Å². The largest absolute Gasteiger partial charge is 0.506 e. The van der Waals surface area contributed by atoms with E-state index >= 15 is 0 Å². The van der Waals surface area contributed by atoms with E-state index < -0.39 is 6.10 Å². The average molecular weight is 552 g/mol. The molecule has 1 fully saturated rings. The first-order chi connectivity index (χ1) is 17.4. The summed E-state index contributed by atoms with van der Waals surface area (Å²) >= 11 is 0. The molecule has 37 heavy (non-hydrogen) atoms. The number of nitrogens with zero attached hydrogens (tertiary/aromatic N) is 2. The Balaban J connectivity index is 0.00000320. The molecule has 0 bridgehead atoms. The zero-order chi connectivity index (χ0) is 25.1. The number of rotatable bonds is 9. The molecule has 0 spiro atoms. The van der Waals surface area contributed by atoms with Crippen LogP contribution in [0.3, 0.4) is 0 Å². The summed E-state index contributed by atoms with van der Waals surface area (Å²) in [5.41, 5.74) is 4.64. The number of fused-ring (bicyclic) bond motifs is 2. The van der Waals surface area contributed by atoms with Gasteiger partial charge >= 0.3 is 0 Å². The van der Waals surface area contributed by atoms with Crippen LogP contribution in [0.25, 0.3) is 0 Å². The van der Waals surface area contributed by atoms with Crippen LogP contribution in [0.2, 0.25) is 0 Å². The van der Waals surface area contributed by atoms with Gasteiger partial charge in [-0.2, -0.15) is 11.6 Å². The second kappa shape index (κ2) is 12.4. The first kappa shape index (κ1) is 28.2.